The predicted octanol–water partition coefficient (Wildman–Crippen LogP) is 4.54. The minimum Gasteiger partial charge on any atom is -0.494 e. The van der Waals surface area contributed by atoms with Gasteiger partial charge >= 0.3 is 5.97 Å². The number of ketones is 1. The highest BCUT2D eigenvalue weighted by molar-refractivity contribution is 7.12. The molecule has 1 aromatic heterocycles. The second-order valence-corrected chi connectivity index (χ2v) is 6.83. The van der Waals surface area contributed by atoms with Gasteiger partial charge in [0.2, 0.25) is 5.78 Å². The zero-order valence-electron chi connectivity index (χ0n) is 15.7. The van der Waals surface area contributed by atoms with Gasteiger partial charge < -0.3 is 14.2 Å². The molecule has 0 radical (unpaired) electrons. The van der Waals surface area contributed by atoms with Crippen LogP contribution in [0.2, 0.25) is 0 Å². The van der Waals surface area contributed by atoms with Crippen molar-refractivity contribution in [3.8, 4) is 11.5 Å². The average Bonchev–Trinajstić information content (AvgIpc) is 3.19. The molecule has 0 amide bonds. The molecule has 0 fully saturated rings. The second-order valence-electron chi connectivity index (χ2n) is 5.98. The summed E-state index contributed by atoms with van der Waals surface area (Å²) in [6.07, 6.45) is 6.00. The number of nitrogens with zero attached hydrogens (tertiary/aromatic N) is 1. The van der Waals surface area contributed by atoms with E-state index in [-0.39, 0.29) is 23.1 Å². The summed E-state index contributed by atoms with van der Waals surface area (Å²) in [5.41, 5.74) is 0.127. The summed E-state index contributed by atoms with van der Waals surface area (Å²) >= 11 is 1.09. The summed E-state index contributed by atoms with van der Waals surface area (Å²) in [5, 5.41) is 1.71. The molecular formula is C20H25NO5S. The molecule has 0 aliphatic heterocycles. The molecule has 146 valence electrons. The first-order chi connectivity index (χ1) is 13.1. The predicted molar refractivity (Wildman–Crippen MR) is 104 cm³/mol. The van der Waals surface area contributed by atoms with E-state index in [0.717, 1.165) is 23.5 Å². The number of carbonyl (C=O) groups is 2. The molecule has 0 N–H and O–H groups in total. The number of ether oxygens (including phenoxy) is 3. The summed E-state index contributed by atoms with van der Waals surface area (Å²) < 4.78 is 15.8. The Morgan fingerprint density at radius 3 is 2.33 bits per heavy atom. The molecule has 2 rings (SSSR count). The maximum atomic E-state index is 12.1. The van der Waals surface area contributed by atoms with Gasteiger partial charge in [-0.2, -0.15) is 0 Å². The molecule has 1 heterocycles. The van der Waals surface area contributed by atoms with Gasteiger partial charge in [0.05, 0.1) is 13.7 Å². The standard InChI is InChI=1S/C20H25NO5S/c1-3-4-5-6-7-12-25-15-8-10-16(11-9-15)26-13-18(22)19-21-17(14-27-19)20(23)24-2/h8-11,14H,3-7,12-13H2,1-2H3. The average molecular weight is 391 g/mol. The zero-order chi connectivity index (χ0) is 19.5. The molecule has 0 unspecified atom stereocenters. The smallest absolute Gasteiger partial charge is 0.357 e. The molecule has 2 aromatic rings. The fraction of sp³-hybridized carbons (Fsp3) is 0.450. The Labute approximate surface area is 163 Å². The van der Waals surface area contributed by atoms with Crippen LogP contribution in [0.4, 0.5) is 0 Å². The van der Waals surface area contributed by atoms with Crippen LogP contribution in [0.3, 0.4) is 0 Å². The molecule has 27 heavy (non-hydrogen) atoms. The lowest BCUT2D eigenvalue weighted by molar-refractivity contribution is 0.0595. The molecule has 0 aliphatic rings. The quantitative estimate of drug-likeness (QED) is 0.300. The van der Waals surface area contributed by atoms with E-state index < -0.39 is 5.97 Å². The zero-order valence-corrected chi connectivity index (χ0v) is 16.5. The van der Waals surface area contributed by atoms with Gasteiger partial charge in [0, 0.05) is 5.38 Å². The third-order valence-corrected chi connectivity index (χ3v) is 4.73. The maximum Gasteiger partial charge on any atom is 0.357 e. The Hall–Kier alpha value is -2.41. The van der Waals surface area contributed by atoms with E-state index in [1.165, 1.54) is 38.2 Å². The van der Waals surface area contributed by atoms with Crippen molar-refractivity contribution in [2.75, 3.05) is 20.3 Å². The van der Waals surface area contributed by atoms with Gasteiger partial charge in [0.1, 0.15) is 11.5 Å². The van der Waals surface area contributed by atoms with Crippen LogP contribution in [0.25, 0.3) is 0 Å². The van der Waals surface area contributed by atoms with Crippen molar-refractivity contribution in [2.24, 2.45) is 0 Å². The lowest BCUT2D eigenvalue weighted by Crippen LogP contribution is -2.12. The summed E-state index contributed by atoms with van der Waals surface area (Å²) in [6, 6.07) is 7.18. The fourth-order valence-corrected chi connectivity index (χ4v) is 3.05. The maximum absolute atomic E-state index is 12.1. The number of hydrogen-bond acceptors (Lipinski definition) is 7. The minimum atomic E-state index is -0.563. The van der Waals surface area contributed by atoms with Crippen LogP contribution in [0.1, 0.15) is 59.3 Å². The van der Waals surface area contributed by atoms with Crippen LogP contribution in [0.5, 0.6) is 11.5 Å². The highest BCUT2D eigenvalue weighted by atomic mass is 32.1. The number of hydrogen-bond donors (Lipinski definition) is 0. The van der Waals surface area contributed by atoms with Crippen molar-refractivity contribution in [1.82, 2.24) is 4.98 Å². The van der Waals surface area contributed by atoms with Crippen molar-refractivity contribution >= 4 is 23.1 Å². The number of thiazole rings is 1. The SMILES string of the molecule is CCCCCCCOc1ccc(OCC(=O)c2nc(C(=O)OC)cs2)cc1. The van der Waals surface area contributed by atoms with Crippen molar-refractivity contribution in [1.29, 1.82) is 0 Å². The van der Waals surface area contributed by atoms with E-state index in [1.807, 2.05) is 12.1 Å². The Balaban J connectivity index is 1.73. The first-order valence-electron chi connectivity index (χ1n) is 9.06. The van der Waals surface area contributed by atoms with Gasteiger partial charge in [-0.1, -0.05) is 32.6 Å². The molecule has 0 spiro atoms. The number of benzene rings is 1. The van der Waals surface area contributed by atoms with Gasteiger partial charge in [-0.15, -0.1) is 11.3 Å². The van der Waals surface area contributed by atoms with Crippen LogP contribution < -0.4 is 9.47 Å². The Morgan fingerprint density at radius 1 is 1.00 bits per heavy atom. The van der Waals surface area contributed by atoms with Crippen LogP contribution in [0.15, 0.2) is 29.6 Å². The number of esters is 1. The normalized spacial score (nSPS) is 10.4. The van der Waals surface area contributed by atoms with Gasteiger partial charge in [-0.25, -0.2) is 9.78 Å². The fourth-order valence-electron chi connectivity index (χ4n) is 2.34. The molecule has 0 bridgehead atoms. The molecule has 0 saturated carbocycles. The van der Waals surface area contributed by atoms with Gasteiger partial charge in [0.15, 0.2) is 17.3 Å². The largest absolute Gasteiger partial charge is 0.494 e. The van der Waals surface area contributed by atoms with Crippen molar-refractivity contribution in [3.05, 3.63) is 40.3 Å². The number of carbonyl (C=O) groups excluding carboxylic acids is 2. The number of methoxy groups -OCH3 is 1. The topological polar surface area (TPSA) is 74.7 Å². The minimum absolute atomic E-state index is 0.127. The molecule has 7 heteroatoms. The van der Waals surface area contributed by atoms with Crippen LogP contribution in [-0.4, -0.2) is 37.1 Å². The lowest BCUT2D eigenvalue weighted by Gasteiger charge is -2.08. The van der Waals surface area contributed by atoms with E-state index in [0.29, 0.717) is 12.4 Å². The van der Waals surface area contributed by atoms with E-state index in [4.69, 9.17) is 9.47 Å². The summed E-state index contributed by atoms with van der Waals surface area (Å²) in [4.78, 5) is 27.4. The van der Waals surface area contributed by atoms with Crippen molar-refractivity contribution in [2.45, 2.75) is 39.0 Å². The highest BCUT2D eigenvalue weighted by Gasteiger charge is 2.16. The number of aromatic nitrogens is 1. The van der Waals surface area contributed by atoms with E-state index in [9.17, 15) is 9.59 Å². The second kappa shape index (κ2) is 11.3. The van der Waals surface area contributed by atoms with Crippen molar-refractivity contribution < 1.29 is 23.8 Å². The van der Waals surface area contributed by atoms with E-state index >= 15 is 0 Å². The first kappa shape index (κ1) is 20.9. The summed E-state index contributed by atoms with van der Waals surface area (Å²) in [5.74, 6) is 0.505. The molecule has 0 aliphatic carbocycles. The van der Waals surface area contributed by atoms with Crippen molar-refractivity contribution in [3.63, 3.8) is 0 Å². The molecule has 0 saturated heterocycles. The van der Waals surface area contributed by atoms with Gasteiger partial charge in [-0.3, -0.25) is 4.79 Å². The molecular weight excluding hydrogens is 366 g/mol. The lowest BCUT2D eigenvalue weighted by atomic mass is 10.2. The van der Waals surface area contributed by atoms with Crippen LogP contribution in [-0.2, 0) is 4.74 Å². The number of rotatable bonds is 12. The summed E-state index contributed by atoms with van der Waals surface area (Å²) in [7, 11) is 1.27. The summed E-state index contributed by atoms with van der Waals surface area (Å²) in [6.45, 7) is 2.75. The van der Waals surface area contributed by atoms with E-state index in [1.54, 1.807) is 12.1 Å². The van der Waals surface area contributed by atoms with Crippen LogP contribution >= 0.6 is 11.3 Å². The third kappa shape index (κ3) is 7.02. The molecule has 1 aromatic carbocycles. The third-order valence-electron chi connectivity index (χ3n) is 3.85. The van der Waals surface area contributed by atoms with E-state index in [2.05, 4.69) is 16.6 Å². The number of unbranched alkanes of at least 4 members (excludes halogenated alkanes) is 4. The van der Waals surface area contributed by atoms with Crippen LogP contribution in [0, 0.1) is 0 Å². The molecule has 6 nitrogen and oxygen atoms in total. The Morgan fingerprint density at radius 2 is 1.67 bits per heavy atom. The first-order valence-corrected chi connectivity index (χ1v) is 9.94. The monoisotopic (exact) mass is 391 g/mol. The highest BCUT2D eigenvalue weighted by Crippen LogP contribution is 2.19. The Bertz CT molecular complexity index is 726. The van der Waals surface area contributed by atoms with Gasteiger partial charge in [-0.05, 0) is 30.7 Å². The Kier molecular flexibility index (Phi) is 8.77. The molecule has 0 atom stereocenters. The van der Waals surface area contributed by atoms with Gasteiger partial charge in [0.25, 0.3) is 0 Å². The number of Topliss-reactive ketones (excluding diaryl/α,β-unsaturated/α-hetero) is 1.